The van der Waals surface area contributed by atoms with Crippen molar-refractivity contribution in [2.75, 3.05) is 31.1 Å². The maximum atomic E-state index is 12.9. The number of piperazine rings is 1. The summed E-state index contributed by atoms with van der Waals surface area (Å²) in [4.78, 5) is 2.26. The highest BCUT2D eigenvalue weighted by Gasteiger charge is 2.29. The van der Waals surface area contributed by atoms with Crippen LogP contribution in [0, 0.1) is 20.8 Å². The molecule has 0 spiro atoms. The summed E-state index contributed by atoms with van der Waals surface area (Å²) >= 11 is 6.12. The summed E-state index contributed by atoms with van der Waals surface area (Å²) in [6.07, 6.45) is 0. The Labute approximate surface area is 181 Å². The van der Waals surface area contributed by atoms with E-state index in [-0.39, 0.29) is 4.90 Å². The number of halogens is 1. The molecule has 4 rings (SSSR count). The summed E-state index contributed by atoms with van der Waals surface area (Å²) < 4.78 is 29.1. The molecule has 3 heterocycles. The minimum atomic E-state index is -3.58. The molecule has 0 unspecified atom stereocenters. The fourth-order valence-corrected chi connectivity index (χ4v) is 5.20. The van der Waals surface area contributed by atoms with Gasteiger partial charge in [0, 0.05) is 36.9 Å². The lowest BCUT2D eigenvalue weighted by atomic mass is 10.2. The van der Waals surface area contributed by atoms with Crippen LogP contribution in [0.4, 0.5) is 5.82 Å². The van der Waals surface area contributed by atoms with Gasteiger partial charge >= 0.3 is 0 Å². The first-order valence-electron chi connectivity index (χ1n) is 9.64. The number of sulfonamides is 1. The molecule has 10 heteroatoms. The molecule has 1 aromatic carbocycles. The summed E-state index contributed by atoms with van der Waals surface area (Å²) in [5, 5.41) is 13.5. The molecule has 0 amide bonds. The van der Waals surface area contributed by atoms with Crippen molar-refractivity contribution in [1.82, 2.24) is 24.3 Å². The Morgan fingerprint density at radius 2 is 1.57 bits per heavy atom. The number of hydrogen-bond donors (Lipinski definition) is 0. The lowest BCUT2D eigenvalue weighted by Gasteiger charge is -2.34. The van der Waals surface area contributed by atoms with E-state index in [1.54, 1.807) is 16.8 Å². The zero-order valence-corrected chi connectivity index (χ0v) is 18.7. The van der Waals surface area contributed by atoms with Gasteiger partial charge in [0.25, 0.3) is 0 Å². The Morgan fingerprint density at radius 1 is 0.900 bits per heavy atom. The van der Waals surface area contributed by atoms with Gasteiger partial charge in [0.15, 0.2) is 11.6 Å². The first-order valence-corrected chi connectivity index (χ1v) is 11.5. The second-order valence-corrected chi connectivity index (χ2v) is 9.74. The molecular formula is C20H23ClN6O2S. The summed E-state index contributed by atoms with van der Waals surface area (Å²) in [7, 11) is -3.58. The number of aryl methyl sites for hydroxylation is 3. The van der Waals surface area contributed by atoms with Crippen molar-refractivity contribution in [3.63, 3.8) is 0 Å². The quantitative estimate of drug-likeness (QED) is 0.612. The Kier molecular flexibility index (Phi) is 5.52. The molecule has 8 nitrogen and oxygen atoms in total. The second kappa shape index (κ2) is 7.98. The maximum absolute atomic E-state index is 12.9. The van der Waals surface area contributed by atoms with Crippen molar-refractivity contribution in [1.29, 1.82) is 0 Å². The van der Waals surface area contributed by atoms with Crippen LogP contribution < -0.4 is 4.90 Å². The predicted molar refractivity (Wildman–Crippen MR) is 116 cm³/mol. The van der Waals surface area contributed by atoms with Crippen molar-refractivity contribution in [2.45, 2.75) is 25.7 Å². The monoisotopic (exact) mass is 446 g/mol. The van der Waals surface area contributed by atoms with E-state index >= 15 is 0 Å². The van der Waals surface area contributed by atoms with Crippen molar-refractivity contribution >= 4 is 27.4 Å². The van der Waals surface area contributed by atoms with Gasteiger partial charge < -0.3 is 4.90 Å². The average Bonchev–Trinajstić information content (AvgIpc) is 3.08. The van der Waals surface area contributed by atoms with Gasteiger partial charge in [-0.15, -0.1) is 10.2 Å². The van der Waals surface area contributed by atoms with Gasteiger partial charge in [-0.1, -0.05) is 17.7 Å². The van der Waals surface area contributed by atoms with Crippen LogP contribution in [0.5, 0.6) is 0 Å². The number of rotatable bonds is 4. The predicted octanol–water partition coefficient (Wildman–Crippen LogP) is 2.75. The van der Waals surface area contributed by atoms with E-state index in [9.17, 15) is 8.42 Å². The number of anilines is 1. The van der Waals surface area contributed by atoms with Gasteiger partial charge in [-0.25, -0.2) is 13.1 Å². The minimum absolute atomic E-state index is 0.223. The van der Waals surface area contributed by atoms with E-state index in [4.69, 9.17) is 11.6 Å². The third kappa shape index (κ3) is 3.92. The van der Waals surface area contributed by atoms with Crippen molar-refractivity contribution < 1.29 is 8.42 Å². The molecule has 1 aliphatic rings. The summed E-state index contributed by atoms with van der Waals surface area (Å²) in [5.41, 5.74) is 2.76. The Bertz CT molecular complexity index is 1170. The first-order chi connectivity index (χ1) is 14.3. The van der Waals surface area contributed by atoms with Crippen LogP contribution in [0.1, 0.15) is 17.0 Å². The minimum Gasteiger partial charge on any atom is -0.352 e. The SMILES string of the molecule is Cc1cc(C)n(-c2ccc(N3CCN(S(=O)(=O)c4ccc(C)c(Cl)c4)CC3)nn2)n1. The van der Waals surface area contributed by atoms with E-state index < -0.39 is 10.0 Å². The van der Waals surface area contributed by atoms with E-state index in [0.717, 1.165) is 22.8 Å². The van der Waals surface area contributed by atoms with E-state index in [2.05, 4.69) is 15.3 Å². The van der Waals surface area contributed by atoms with Gasteiger partial charge in [-0.3, -0.25) is 0 Å². The Balaban J connectivity index is 1.45. The highest BCUT2D eigenvalue weighted by atomic mass is 35.5. The van der Waals surface area contributed by atoms with Gasteiger partial charge in [0.1, 0.15) is 0 Å². The van der Waals surface area contributed by atoms with Crippen LogP contribution >= 0.6 is 11.6 Å². The molecule has 1 aliphatic heterocycles. The second-order valence-electron chi connectivity index (χ2n) is 7.39. The largest absolute Gasteiger partial charge is 0.352 e. The van der Waals surface area contributed by atoms with Crippen LogP contribution in [-0.4, -0.2) is 58.9 Å². The first kappa shape index (κ1) is 20.8. The molecule has 0 bridgehead atoms. The average molecular weight is 447 g/mol. The molecule has 158 valence electrons. The summed E-state index contributed by atoms with van der Waals surface area (Å²) in [6.45, 7) is 7.56. The number of nitrogens with zero attached hydrogens (tertiary/aromatic N) is 6. The summed E-state index contributed by atoms with van der Waals surface area (Å²) in [6, 6.07) is 10.6. The standard InChI is InChI=1S/C20H23ClN6O2S/c1-14-4-5-17(13-18(14)21)30(28,29)26-10-8-25(9-11-26)19-6-7-20(23-22-19)27-16(3)12-15(2)24-27/h4-7,12-13H,8-11H2,1-3H3. The van der Waals surface area contributed by atoms with Crippen LogP contribution in [0.15, 0.2) is 41.3 Å². The van der Waals surface area contributed by atoms with E-state index in [1.807, 2.05) is 43.9 Å². The normalized spacial score (nSPS) is 15.5. The topological polar surface area (TPSA) is 84.2 Å². The van der Waals surface area contributed by atoms with E-state index in [1.165, 1.54) is 10.4 Å². The number of hydrogen-bond acceptors (Lipinski definition) is 6. The molecule has 30 heavy (non-hydrogen) atoms. The smallest absolute Gasteiger partial charge is 0.243 e. The molecule has 2 aromatic heterocycles. The van der Waals surface area contributed by atoms with Crippen molar-refractivity contribution in [3.05, 3.63) is 58.4 Å². The third-order valence-corrected chi connectivity index (χ3v) is 7.51. The molecule has 0 saturated carbocycles. The third-order valence-electron chi connectivity index (χ3n) is 5.21. The molecule has 0 atom stereocenters. The molecule has 0 radical (unpaired) electrons. The molecule has 1 fully saturated rings. The van der Waals surface area contributed by atoms with Crippen molar-refractivity contribution in [2.24, 2.45) is 0 Å². The Morgan fingerprint density at radius 3 is 2.13 bits per heavy atom. The highest BCUT2D eigenvalue weighted by molar-refractivity contribution is 7.89. The van der Waals surface area contributed by atoms with Crippen LogP contribution in [-0.2, 0) is 10.0 Å². The Hall–Kier alpha value is -2.49. The number of benzene rings is 1. The van der Waals surface area contributed by atoms with Gasteiger partial charge in [0.2, 0.25) is 10.0 Å². The fraction of sp³-hybridized carbons (Fsp3) is 0.350. The van der Waals surface area contributed by atoms with Gasteiger partial charge in [-0.05, 0) is 56.7 Å². The van der Waals surface area contributed by atoms with Crippen LogP contribution in [0.3, 0.4) is 0 Å². The van der Waals surface area contributed by atoms with Crippen molar-refractivity contribution in [3.8, 4) is 5.82 Å². The highest BCUT2D eigenvalue weighted by Crippen LogP contribution is 2.24. The molecule has 1 saturated heterocycles. The molecule has 0 N–H and O–H groups in total. The molecule has 3 aromatic rings. The maximum Gasteiger partial charge on any atom is 0.243 e. The number of aromatic nitrogens is 4. The molecular weight excluding hydrogens is 424 g/mol. The zero-order chi connectivity index (χ0) is 21.5. The van der Waals surface area contributed by atoms with E-state index in [0.29, 0.717) is 37.0 Å². The van der Waals surface area contributed by atoms with Crippen LogP contribution in [0.2, 0.25) is 5.02 Å². The van der Waals surface area contributed by atoms with Gasteiger partial charge in [-0.2, -0.15) is 9.40 Å². The molecule has 0 aliphatic carbocycles. The zero-order valence-electron chi connectivity index (χ0n) is 17.1. The van der Waals surface area contributed by atoms with Crippen LogP contribution in [0.25, 0.3) is 5.82 Å². The summed E-state index contributed by atoms with van der Waals surface area (Å²) in [5.74, 6) is 1.37. The lowest BCUT2D eigenvalue weighted by molar-refractivity contribution is 0.383. The van der Waals surface area contributed by atoms with Gasteiger partial charge in [0.05, 0.1) is 10.6 Å². The fourth-order valence-electron chi connectivity index (χ4n) is 3.50. The lowest BCUT2D eigenvalue weighted by Crippen LogP contribution is -2.49.